The van der Waals surface area contributed by atoms with Crippen molar-refractivity contribution < 1.29 is 4.42 Å². The average Bonchev–Trinajstić information content (AvgIpc) is 3.77. The van der Waals surface area contributed by atoms with Crippen LogP contribution in [-0.2, 0) is 0 Å². The predicted octanol–water partition coefficient (Wildman–Crippen LogP) is 13.1. The van der Waals surface area contributed by atoms with Crippen LogP contribution in [0.2, 0.25) is 0 Å². The fraction of sp³-hybridized carbons (Fsp3) is 0. The van der Waals surface area contributed by atoms with Crippen molar-refractivity contribution in [2.24, 2.45) is 0 Å². The van der Waals surface area contributed by atoms with Gasteiger partial charge in [-0.25, -0.2) is 9.97 Å². The molecule has 234 valence electrons. The number of aromatic nitrogens is 2. The zero-order valence-corrected chi connectivity index (χ0v) is 27.7. The number of hydrogen-bond donors (Lipinski definition) is 0. The lowest BCUT2D eigenvalue weighted by Crippen LogP contribution is -1.88. The third-order valence-corrected chi connectivity index (χ3v) is 10.8. The molecule has 3 nitrogen and oxygen atoms in total. The minimum atomic E-state index is 0.694. The van der Waals surface area contributed by atoms with Crippen molar-refractivity contribution in [3.63, 3.8) is 0 Å². The Bertz CT molecular complexity index is 2810. The van der Waals surface area contributed by atoms with Crippen LogP contribution in [0.3, 0.4) is 0 Å². The minimum absolute atomic E-state index is 0.694. The van der Waals surface area contributed by atoms with E-state index >= 15 is 0 Å². The van der Waals surface area contributed by atoms with Crippen molar-refractivity contribution in [2.75, 3.05) is 0 Å². The van der Waals surface area contributed by atoms with E-state index in [-0.39, 0.29) is 0 Å². The molecule has 50 heavy (non-hydrogen) atoms. The molecule has 7 aromatic carbocycles. The molecule has 0 radical (unpaired) electrons. The van der Waals surface area contributed by atoms with Crippen LogP contribution in [0.15, 0.2) is 175 Å². The highest BCUT2D eigenvalue weighted by molar-refractivity contribution is 7.26. The zero-order chi connectivity index (χ0) is 33.0. The first kappa shape index (κ1) is 28.6. The standard InChI is InChI=1S/C46H28N2OS/c1-3-11-29(12-4-1)34-24-35(30-13-5-2-6-14-30)26-36(25-34)31-21-22-41-40(27-31)44-45(49-41)43(47-28-48-44)33-16-9-15-32(23-33)37-18-10-19-39-38-17-7-8-20-42(38)50-46(37)39/h1-28H. The van der Waals surface area contributed by atoms with Crippen LogP contribution in [0.4, 0.5) is 0 Å². The summed E-state index contributed by atoms with van der Waals surface area (Å²) in [6.45, 7) is 0. The number of furan rings is 1. The Morgan fingerprint density at radius 2 is 1.04 bits per heavy atom. The molecular formula is C46H28N2OS. The summed E-state index contributed by atoms with van der Waals surface area (Å²) in [6, 6.07) is 58.2. The maximum Gasteiger partial charge on any atom is 0.180 e. The summed E-state index contributed by atoms with van der Waals surface area (Å²) in [4.78, 5) is 9.54. The average molecular weight is 657 g/mol. The van der Waals surface area contributed by atoms with Gasteiger partial charge in [-0.2, -0.15) is 0 Å². The molecule has 0 saturated heterocycles. The highest BCUT2D eigenvalue weighted by Gasteiger charge is 2.18. The van der Waals surface area contributed by atoms with Gasteiger partial charge in [-0.3, -0.25) is 0 Å². The van der Waals surface area contributed by atoms with Crippen molar-refractivity contribution in [1.29, 1.82) is 0 Å². The number of benzene rings is 7. The number of rotatable bonds is 5. The maximum absolute atomic E-state index is 6.55. The number of hydrogen-bond acceptors (Lipinski definition) is 4. The first-order valence-corrected chi connectivity index (χ1v) is 17.5. The summed E-state index contributed by atoms with van der Waals surface area (Å²) in [7, 11) is 0. The van der Waals surface area contributed by atoms with Gasteiger partial charge in [0.1, 0.15) is 23.1 Å². The van der Waals surface area contributed by atoms with Crippen LogP contribution >= 0.6 is 11.3 Å². The molecule has 0 atom stereocenters. The third-order valence-electron chi connectivity index (χ3n) is 9.58. The molecule has 0 aliphatic carbocycles. The third kappa shape index (κ3) is 4.80. The molecule has 0 aliphatic rings. The van der Waals surface area contributed by atoms with Crippen LogP contribution in [-0.4, -0.2) is 9.97 Å². The molecule has 0 amide bonds. The molecule has 0 spiro atoms. The smallest absolute Gasteiger partial charge is 0.180 e. The second-order valence-electron chi connectivity index (χ2n) is 12.6. The number of thiophene rings is 1. The van der Waals surface area contributed by atoms with Gasteiger partial charge in [0.2, 0.25) is 0 Å². The summed E-state index contributed by atoms with van der Waals surface area (Å²) < 4.78 is 9.14. The van der Waals surface area contributed by atoms with E-state index in [0.29, 0.717) is 5.58 Å². The Kier molecular flexibility index (Phi) is 6.68. The van der Waals surface area contributed by atoms with E-state index in [0.717, 1.165) is 44.4 Å². The van der Waals surface area contributed by atoms with Gasteiger partial charge in [0.05, 0.1) is 0 Å². The quantitative estimate of drug-likeness (QED) is 0.185. The Morgan fingerprint density at radius 1 is 0.420 bits per heavy atom. The van der Waals surface area contributed by atoms with Crippen molar-refractivity contribution in [1.82, 2.24) is 9.97 Å². The van der Waals surface area contributed by atoms with Gasteiger partial charge in [0.25, 0.3) is 0 Å². The Labute approximate surface area is 292 Å². The first-order valence-electron chi connectivity index (χ1n) is 16.7. The molecule has 3 aromatic heterocycles. The maximum atomic E-state index is 6.55. The molecule has 10 rings (SSSR count). The van der Waals surface area contributed by atoms with Crippen molar-refractivity contribution in [3.05, 3.63) is 170 Å². The molecule has 4 heteroatoms. The highest BCUT2D eigenvalue weighted by atomic mass is 32.1. The van der Waals surface area contributed by atoms with E-state index in [1.807, 2.05) is 11.3 Å². The first-order chi connectivity index (χ1) is 24.8. The second-order valence-corrected chi connectivity index (χ2v) is 13.7. The lowest BCUT2D eigenvalue weighted by molar-refractivity contribution is 0.667. The Morgan fingerprint density at radius 3 is 1.82 bits per heavy atom. The fourth-order valence-corrected chi connectivity index (χ4v) is 8.40. The SMILES string of the molecule is c1ccc(-c2cc(-c3ccccc3)cc(-c3ccc4oc5c(-c6cccc(-c7cccc8c7sc7ccccc78)c6)ncnc5c4c3)c2)cc1. The Balaban J connectivity index is 1.09. The van der Waals surface area contributed by atoms with Gasteiger partial charge in [-0.15, -0.1) is 11.3 Å². The van der Waals surface area contributed by atoms with E-state index < -0.39 is 0 Å². The van der Waals surface area contributed by atoms with Crippen LogP contribution in [0, 0.1) is 0 Å². The molecule has 0 bridgehead atoms. The van der Waals surface area contributed by atoms with E-state index in [1.54, 1.807) is 6.33 Å². The summed E-state index contributed by atoms with van der Waals surface area (Å²) in [5.74, 6) is 0. The van der Waals surface area contributed by atoms with Crippen LogP contribution in [0.5, 0.6) is 0 Å². The van der Waals surface area contributed by atoms with Crippen molar-refractivity contribution in [2.45, 2.75) is 0 Å². The van der Waals surface area contributed by atoms with Gasteiger partial charge in [0.15, 0.2) is 5.58 Å². The molecule has 0 unspecified atom stereocenters. The van der Waals surface area contributed by atoms with E-state index in [2.05, 4.69) is 164 Å². The summed E-state index contributed by atoms with van der Waals surface area (Å²) in [6.07, 6.45) is 1.65. The summed E-state index contributed by atoms with van der Waals surface area (Å²) >= 11 is 1.84. The predicted molar refractivity (Wildman–Crippen MR) is 209 cm³/mol. The topological polar surface area (TPSA) is 38.9 Å². The fourth-order valence-electron chi connectivity index (χ4n) is 7.16. The van der Waals surface area contributed by atoms with E-state index in [9.17, 15) is 0 Å². The lowest BCUT2D eigenvalue weighted by Gasteiger charge is -2.11. The highest BCUT2D eigenvalue weighted by Crippen LogP contribution is 2.42. The molecule has 0 aliphatic heterocycles. The summed E-state index contributed by atoms with van der Waals surface area (Å²) in [5.41, 5.74) is 13.4. The van der Waals surface area contributed by atoms with Gasteiger partial charge in [0, 0.05) is 31.1 Å². The largest absolute Gasteiger partial charge is 0.452 e. The summed E-state index contributed by atoms with van der Waals surface area (Å²) in [5, 5.41) is 3.56. The van der Waals surface area contributed by atoms with Gasteiger partial charge >= 0.3 is 0 Å². The van der Waals surface area contributed by atoms with Gasteiger partial charge in [-0.05, 0) is 87.0 Å². The molecule has 0 fully saturated rings. The van der Waals surface area contributed by atoms with Gasteiger partial charge in [-0.1, -0.05) is 121 Å². The van der Waals surface area contributed by atoms with Crippen molar-refractivity contribution in [3.8, 4) is 55.8 Å². The van der Waals surface area contributed by atoms with Gasteiger partial charge < -0.3 is 4.42 Å². The van der Waals surface area contributed by atoms with E-state index in [4.69, 9.17) is 14.4 Å². The normalized spacial score (nSPS) is 11.6. The van der Waals surface area contributed by atoms with Crippen LogP contribution in [0.25, 0.3) is 98.0 Å². The number of fused-ring (bicyclic) bond motifs is 6. The molecule has 0 saturated carbocycles. The molecule has 3 heterocycles. The minimum Gasteiger partial charge on any atom is -0.452 e. The van der Waals surface area contributed by atoms with E-state index in [1.165, 1.54) is 48.0 Å². The molecule has 0 N–H and O–H groups in total. The van der Waals surface area contributed by atoms with Crippen LogP contribution in [0.1, 0.15) is 0 Å². The molecule has 10 aromatic rings. The number of nitrogens with zero attached hydrogens (tertiary/aromatic N) is 2. The molecular weight excluding hydrogens is 629 g/mol. The van der Waals surface area contributed by atoms with Crippen molar-refractivity contribution >= 4 is 53.6 Å². The monoisotopic (exact) mass is 656 g/mol. The van der Waals surface area contributed by atoms with Crippen LogP contribution < -0.4 is 0 Å². The lowest BCUT2D eigenvalue weighted by atomic mass is 9.93. The Hall–Kier alpha value is -6.36. The zero-order valence-electron chi connectivity index (χ0n) is 26.9. The second kappa shape index (κ2) is 11.7.